The van der Waals surface area contributed by atoms with Crippen molar-refractivity contribution >= 4 is 52.2 Å². The highest BCUT2D eigenvalue weighted by Gasteiger charge is 2.40. The number of benzene rings is 1. The monoisotopic (exact) mass is 381 g/mol. The van der Waals surface area contributed by atoms with Crippen LogP contribution in [0.4, 0.5) is 0 Å². The molecule has 0 unspecified atom stereocenters. The highest BCUT2D eigenvalue weighted by Crippen LogP contribution is 2.36. The van der Waals surface area contributed by atoms with Gasteiger partial charge in [-0.1, -0.05) is 42.2 Å². The Kier molecular flexibility index (Phi) is 6.16. The molecule has 1 aromatic rings. The molecular formula is C16H15NO6S2. The summed E-state index contributed by atoms with van der Waals surface area (Å²) in [5.74, 6) is -2.43. The largest absolute Gasteiger partial charge is 0.496 e. The van der Waals surface area contributed by atoms with Crippen molar-refractivity contribution in [3.05, 3.63) is 34.7 Å². The zero-order valence-electron chi connectivity index (χ0n) is 13.2. The number of ether oxygens (including phenoxy) is 1. The van der Waals surface area contributed by atoms with Crippen molar-refractivity contribution < 1.29 is 29.3 Å². The topological polar surface area (TPSA) is 104 Å². The highest BCUT2D eigenvalue weighted by atomic mass is 32.2. The Morgan fingerprint density at radius 3 is 2.64 bits per heavy atom. The van der Waals surface area contributed by atoms with E-state index in [9.17, 15) is 19.5 Å². The molecule has 1 aromatic carbocycles. The second-order valence-electron chi connectivity index (χ2n) is 5.08. The van der Waals surface area contributed by atoms with E-state index in [4.69, 9.17) is 22.1 Å². The first-order chi connectivity index (χ1) is 11.8. The molecule has 2 rings (SSSR count). The number of carbonyl (C=O) groups is 3. The second-order valence-corrected chi connectivity index (χ2v) is 6.76. The lowest BCUT2D eigenvalue weighted by Crippen LogP contribution is -2.44. The van der Waals surface area contributed by atoms with E-state index < -0.39 is 23.9 Å². The first-order valence-electron chi connectivity index (χ1n) is 7.19. The molecule has 0 bridgehead atoms. The molecule has 25 heavy (non-hydrogen) atoms. The third-order valence-electron chi connectivity index (χ3n) is 3.48. The van der Waals surface area contributed by atoms with Gasteiger partial charge in [0.1, 0.15) is 16.1 Å². The standard InChI is InChI=1S/C16H15NO6S2/c1-23-11-5-3-2-4-9(11)8-12-14(20)17(16(24)25-12)10(15(21)22)6-7-13(18)19/h2-5,8,10H,6-7H2,1H3,(H,18,19)(H,21,22)/b12-8+/t10-/m1/s1. The molecule has 0 saturated carbocycles. The van der Waals surface area contributed by atoms with E-state index in [0.717, 1.165) is 16.7 Å². The molecule has 7 nitrogen and oxygen atoms in total. The fourth-order valence-corrected chi connectivity index (χ4v) is 3.65. The van der Waals surface area contributed by atoms with Crippen LogP contribution in [0.1, 0.15) is 18.4 Å². The Bertz CT molecular complexity index is 761. The van der Waals surface area contributed by atoms with Crippen LogP contribution < -0.4 is 4.74 Å². The van der Waals surface area contributed by atoms with Crippen molar-refractivity contribution in [3.8, 4) is 5.75 Å². The van der Waals surface area contributed by atoms with Gasteiger partial charge in [0, 0.05) is 12.0 Å². The van der Waals surface area contributed by atoms with Gasteiger partial charge >= 0.3 is 11.9 Å². The van der Waals surface area contributed by atoms with Gasteiger partial charge in [0.2, 0.25) is 0 Å². The predicted molar refractivity (Wildman–Crippen MR) is 96.3 cm³/mol. The molecule has 1 fully saturated rings. The summed E-state index contributed by atoms with van der Waals surface area (Å²) in [6, 6.07) is 5.74. The first kappa shape index (κ1) is 18.9. The lowest BCUT2D eigenvalue weighted by atomic mass is 10.1. The molecule has 0 aliphatic carbocycles. The van der Waals surface area contributed by atoms with E-state index in [2.05, 4.69) is 0 Å². The Balaban J connectivity index is 2.30. The number of carboxylic acids is 2. The number of hydrogen-bond donors (Lipinski definition) is 2. The minimum atomic E-state index is -1.31. The number of carbonyl (C=O) groups excluding carboxylic acids is 1. The average molecular weight is 381 g/mol. The molecule has 0 radical (unpaired) electrons. The van der Waals surface area contributed by atoms with Gasteiger partial charge in [-0.05, 0) is 18.6 Å². The van der Waals surface area contributed by atoms with Gasteiger partial charge in [-0.25, -0.2) is 4.79 Å². The van der Waals surface area contributed by atoms with E-state index in [1.54, 1.807) is 30.3 Å². The van der Waals surface area contributed by atoms with Crippen molar-refractivity contribution in [1.82, 2.24) is 4.90 Å². The number of hydrogen-bond acceptors (Lipinski definition) is 6. The number of carboxylic acid groups (broad SMARTS) is 2. The van der Waals surface area contributed by atoms with Gasteiger partial charge in [0.25, 0.3) is 5.91 Å². The van der Waals surface area contributed by atoms with Crippen LogP contribution in [0.2, 0.25) is 0 Å². The molecule has 1 aliphatic rings. The lowest BCUT2D eigenvalue weighted by molar-refractivity contribution is -0.146. The lowest BCUT2D eigenvalue weighted by Gasteiger charge is -2.22. The molecule has 1 aliphatic heterocycles. The zero-order valence-corrected chi connectivity index (χ0v) is 14.8. The summed E-state index contributed by atoms with van der Waals surface area (Å²) in [6.45, 7) is 0. The second kappa shape index (κ2) is 8.13. The first-order valence-corrected chi connectivity index (χ1v) is 8.42. The molecule has 132 valence electrons. The van der Waals surface area contributed by atoms with E-state index in [1.807, 2.05) is 0 Å². The summed E-state index contributed by atoms with van der Waals surface area (Å²) < 4.78 is 5.31. The molecule has 1 atom stereocenters. The Morgan fingerprint density at radius 2 is 2.04 bits per heavy atom. The van der Waals surface area contributed by atoms with Gasteiger partial charge in [-0.3, -0.25) is 14.5 Å². The van der Waals surface area contributed by atoms with Gasteiger partial charge in [0.05, 0.1) is 12.0 Å². The molecule has 9 heteroatoms. The van der Waals surface area contributed by atoms with Crippen LogP contribution in [0.5, 0.6) is 5.75 Å². The van der Waals surface area contributed by atoms with Crippen molar-refractivity contribution in [2.75, 3.05) is 7.11 Å². The van der Waals surface area contributed by atoms with Crippen molar-refractivity contribution in [3.63, 3.8) is 0 Å². The number of thiocarbonyl (C=S) groups is 1. The van der Waals surface area contributed by atoms with Crippen LogP contribution in [0.25, 0.3) is 6.08 Å². The van der Waals surface area contributed by atoms with Gasteiger partial charge in [-0.15, -0.1) is 0 Å². The zero-order chi connectivity index (χ0) is 18.6. The Morgan fingerprint density at radius 1 is 1.36 bits per heavy atom. The van der Waals surface area contributed by atoms with E-state index in [-0.39, 0.29) is 22.1 Å². The number of para-hydroxylation sites is 1. The third kappa shape index (κ3) is 4.37. The van der Waals surface area contributed by atoms with Crippen molar-refractivity contribution in [2.45, 2.75) is 18.9 Å². The average Bonchev–Trinajstić information content (AvgIpc) is 2.82. The summed E-state index contributed by atoms with van der Waals surface area (Å²) in [5.41, 5.74) is 0.655. The maximum absolute atomic E-state index is 12.6. The summed E-state index contributed by atoms with van der Waals surface area (Å²) in [5, 5.41) is 18.1. The number of aliphatic carboxylic acids is 2. The number of rotatable bonds is 7. The van der Waals surface area contributed by atoms with E-state index >= 15 is 0 Å². The predicted octanol–water partition coefficient (Wildman–Crippen LogP) is 2.21. The molecular weight excluding hydrogens is 366 g/mol. The van der Waals surface area contributed by atoms with Gasteiger partial charge < -0.3 is 14.9 Å². The summed E-state index contributed by atoms with van der Waals surface area (Å²) in [7, 11) is 1.50. The third-order valence-corrected chi connectivity index (χ3v) is 4.81. The minimum absolute atomic E-state index is 0.0870. The highest BCUT2D eigenvalue weighted by molar-refractivity contribution is 8.26. The van der Waals surface area contributed by atoms with Crippen molar-refractivity contribution in [1.29, 1.82) is 0 Å². The normalized spacial score (nSPS) is 17.0. The summed E-state index contributed by atoms with van der Waals surface area (Å²) in [6.07, 6.45) is 0.979. The van der Waals surface area contributed by atoms with E-state index in [0.29, 0.717) is 11.3 Å². The van der Waals surface area contributed by atoms with Crippen LogP contribution in [0.3, 0.4) is 0 Å². The fourth-order valence-electron chi connectivity index (χ4n) is 2.30. The SMILES string of the molecule is COc1ccccc1/C=C1/SC(=S)N([C@H](CCC(=O)O)C(=O)O)C1=O. The minimum Gasteiger partial charge on any atom is -0.496 e. The van der Waals surface area contributed by atoms with Gasteiger partial charge in [0.15, 0.2) is 0 Å². The molecule has 1 saturated heterocycles. The smallest absolute Gasteiger partial charge is 0.326 e. The quantitative estimate of drug-likeness (QED) is 0.547. The number of amides is 1. The van der Waals surface area contributed by atoms with Crippen LogP contribution in [0.15, 0.2) is 29.2 Å². The van der Waals surface area contributed by atoms with Gasteiger partial charge in [-0.2, -0.15) is 0 Å². The molecule has 2 N–H and O–H groups in total. The van der Waals surface area contributed by atoms with Crippen LogP contribution in [-0.4, -0.2) is 50.4 Å². The maximum atomic E-state index is 12.6. The van der Waals surface area contributed by atoms with Crippen molar-refractivity contribution in [2.24, 2.45) is 0 Å². The van der Waals surface area contributed by atoms with Crippen LogP contribution in [-0.2, 0) is 14.4 Å². The Labute approximate surface area is 153 Å². The van der Waals surface area contributed by atoms with E-state index in [1.165, 1.54) is 7.11 Å². The number of nitrogens with zero attached hydrogens (tertiary/aromatic N) is 1. The van der Waals surface area contributed by atoms with Crippen LogP contribution in [0, 0.1) is 0 Å². The molecule has 1 amide bonds. The summed E-state index contributed by atoms with van der Waals surface area (Å²) >= 11 is 6.11. The molecule has 1 heterocycles. The fraction of sp³-hybridized carbons (Fsp3) is 0.250. The number of methoxy groups -OCH3 is 1. The maximum Gasteiger partial charge on any atom is 0.326 e. The molecule has 0 spiro atoms. The van der Waals surface area contributed by atoms with Crippen LogP contribution >= 0.6 is 24.0 Å². The number of thioether (sulfide) groups is 1. The Hall–Kier alpha value is -2.39. The molecule has 0 aromatic heterocycles. The summed E-state index contributed by atoms with van der Waals surface area (Å²) in [4.78, 5) is 36.0.